The molecule has 2 N–H and O–H groups in total. The Bertz CT molecular complexity index is 549. The van der Waals surface area contributed by atoms with Gasteiger partial charge < -0.3 is 20.3 Å². The third-order valence-electron chi connectivity index (χ3n) is 3.95. The first kappa shape index (κ1) is 18.4. The zero-order valence-corrected chi connectivity index (χ0v) is 14.7. The number of hydrogen-bond acceptors (Lipinski definition) is 4. The summed E-state index contributed by atoms with van der Waals surface area (Å²) in [6, 6.07) is 7.07. The van der Waals surface area contributed by atoms with Crippen LogP contribution in [-0.2, 0) is 9.53 Å². The molecule has 1 heterocycles. The monoisotopic (exact) mass is 333 g/mol. The molecule has 2 amide bonds. The molecule has 24 heavy (non-hydrogen) atoms. The minimum Gasteiger partial charge on any atom is -0.372 e. The van der Waals surface area contributed by atoms with Crippen molar-refractivity contribution in [2.75, 3.05) is 32.0 Å². The van der Waals surface area contributed by atoms with Gasteiger partial charge in [-0.25, -0.2) is 0 Å². The molecule has 132 valence electrons. The zero-order valence-electron chi connectivity index (χ0n) is 14.7. The van der Waals surface area contributed by atoms with Crippen LogP contribution in [-0.4, -0.2) is 55.6 Å². The fourth-order valence-corrected chi connectivity index (χ4v) is 2.87. The fraction of sp³-hybridized carbons (Fsp3) is 0.556. The molecule has 0 saturated carbocycles. The molecule has 2 unspecified atom stereocenters. The molecule has 0 bridgehead atoms. The number of anilines is 1. The lowest BCUT2D eigenvalue weighted by atomic mass is 10.1. The van der Waals surface area contributed by atoms with Crippen molar-refractivity contribution in [1.82, 2.24) is 10.2 Å². The Hall–Kier alpha value is -1.92. The molecule has 2 atom stereocenters. The molecule has 1 aliphatic heterocycles. The van der Waals surface area contributed by atoms with Crippen LogP contribution in [0.3, 0.4) is 0 Å². The predicted molar refractivity (Wildman–Crippen MR) is 94.1 cm³/mol. The van der Waals surface area contributed by atoms with Gasteiger partial charge in [-0.1, -0.05) is 0 Å². The molecule has 0 aliphatic carbocycles. The number of amides is 2. The van der Waals surface area contributed by atoms with Gasteiger partial charge in [0.1, 0.15) is 0 Å². The maximum absolute atomic E-state index is 12.6. The maximum atomic E-state index is 12.6. The van der Waals surface area contributed by atoms with E-state index in [2.05, 4.69) is 10.6 Å². The van der Waals surface area contributed by atoms with Crippen molar-refractivity contribution in [3.05, 3.63) is 29.8 Å². The van der Waals surface area contributed by atoms with E-state index in [1.807, 2.05) is 25.8 Å². The molecule has 1 aromatic rings. The fourth-order valence-electron chi connectivity index (χ4n) is 2.87. The van der Waals surface area contributed by atoms with Crippen LogP contribution in [0.15, 0.2) is 24.3 Å². The quantitative estimate of drug-likeness (QED) is 0.780. The minimum absolute atomic E-state index is 0.00361. The van der Waals surface area contributed by atoms with Gasteiger partial charge in [-0.3, -0.25) is 9.59 Å². The highest BCUT2D eigenvalue weighted by molar-refractivity contribution is 5.96. The average molecular weight is 333 g/mol. The van der Waals surface area contributed by atoms with Crippen molar-refractivity contribution in [2.45, 2.75) is 38.9 Å². The summed E-state index contributed by atoms with van der Waals surface area (Å²) in [5, 5.41) is 5.86. The van der Waals surface area contributed by atoms with E-state index in [1.54, 1.807) is 24.3 Å². The highest BCUT2D eigenvalue weighted by Gasteiger charge is 2.26. The molecule has 6 heteroatoms. The van der Waals surface area contributed by atoms with E-state index < -0.39 is 0 Å². The van der Waals surface area contributed by atoms with Crippen molar-refractivity contribution in [2.24, 2.45) is 0 Å². The number of benzene rings is 1. The van der Waals surface area contributed by atoms with Crippen LogP contribution in [0.4, 0.5) is 5.69 Å². The van der Waals surface area contributed by atoms with E-state index in [9.17, 15) is 9.59 Å². The summed E-state index contributed by atoms with van der Waals surface area (Å²) < 4.78 is 5.66. The molecule has 0 radical (unpaired) electrons. The lowest BCUT2D eigenvalue weighted by molar-refractivity contribution is -0.116. The summed E-state index contributed by atoms with van der Waals surface area (Å²) in [5.41, 5.74) is 1.34. The lowest BCUT2D eigenvalue weighted by Gasteiger charge is -2.35. The van der Waals surface area contributed by atoms with Gasteiger partial charge >= 0.3 is 0 Å². The first-order chi connectivity index (χ1) is 11.5. The first-order valence-electron chi connectivity index (χ1n) is 8.49. The average Bonchev–Trinajstić information content (AvgIpc) is 2.54. The molecule has 1 fully saturated rings. The number of carbonyl (C=O) groups is 2. The van der Waals surface area contributed by atoms with Crippen LogP contribution < -0.4 is 10.6 Å². The summed E-state index contributed by atoms with van der Waals surface area (Å²) in [7, 11) is 1.86. The Kier molecular flexibility index (Phi) is 6.75. The van der Waals surface area contributed by atoms with E-state index in [1.165, 1.54) is 0 Å². The molecule has 1 aromatic carbocycles. The van der Waals surface area contributed by atoms with Crippen LogP contribution in [0.25, 0.3) is 0 Å². The minimum atomic E-state index is -0.0137. The molecular formula is C18H27N3O3. The SMILES string of the molecule is CNCCCC(=O)Nc1ccc(C(=O)N2CC(C)OC(C)C2)cc1. The summed E-state index contributed by atoms with van der Waals surface area (Å²) >= 11 is 0. The Morgan fingerprint density at radius 3 is 2.38 bits per heavy atom. The van der Waals surface area contributed by atoms with E-state index in [0.29, 0.717) is 30.8 Å². The number of carbonyl (C=O) groups excluding carboxylic acids is 2. The van der Waals surface area contributed by atoms with Gasteiger partial charge in [-0.2, -0.15) is 0 Å². The number of rotatable bonds is 6. The molecule has 0 aromatic heterocycles. The summed E-state index contributed by atoms with van der Waals surface area (Å²) in [6.07, 6.45) is 1.37. The number of nitrogens with zero attached hydrogens (tertiary/aromatic N) is 1. The molecule has 1 saturated heterocycles. The number of morpholine rings is 1. The first-order valence-corrected chi connectivity index (χ1v) is 8.49. The highest BCUT2D eigenvalue weighted by Crippen LogP contribution is 2.16. The second-order valence-electron chi connectivity index (χ2n) is 6.30. The predicted octanol–water partition coefficient (Wildman–Crippen LogP) is 1.87. The zero-order chi connectivity index (χ0) is 17.5. The van der Waals surface area contributed by atoms with Gasteiger partial charge in [0.15, 0.2) is 0 Å². The maximum Gasteiger partial charge on any atom is 0.254 e. The number of ether oxygens (including phenoxy) is 1. The normalized spacial score (nSPS) is 20.7. The van der Waals surface area contributed by atoms with Crippen LogP contribution in [0.2, 0.25) is 0 Å². The van der Waals surface area contributed by atoms with Crippen molar-refractivity contribution < 1.29 is 14.3 Å². The second-order valence-corrected chi connectivity index (χ2v) is 6.30. The van der Waals surface area contributed by atoms with Crippen LogP contribution in [0.1, 0.15) is 37.0 Å². The summed E-state index contributed by atoms with van der Waals surface area (Å²) in [6.45, 7) is 5.97. The van der Waals surface area contributed by atoms with E-state index in [0.717, 1.165) is 13.0 Å². The van der Waals surface area contributed by atoms with Gasteiger partial charge in [-0.05, 0) is 58.1 Å². The summed E-state index contributed by atoms with van der Waals surface area (Å²) in [5.74, 6) is -0.0101. The Morgan fingerprint density at radius 1 is 1.17 bits per heavy atom. The molecule has 0 spiro atoms. The molecule has 6 nitrogen and oxygen atoms in total. The lowest BCUT2D eigenvalue weighted by Crippen LogP contribution is -2.48. The van der Waals surface area contributed by atoms with Gasteiger partial charge in [0.2, 0.25) is 5.91 Å². The Labute approximate surface area is 143 Å². The standard InChI is InChI=1S/C18H27N3O3/c1-13-11-21(12-14(2)24-13)18(23)15-6-8-16(9-7-15)20-17(22)5-4-10-19-3/h6-9,13-14,19H,4-5,10-12H2,1-3H3,(H,20,22). The van der Waals surface area contributed by atoms with E-state index in [-0.39, 0.29) is 24.0 Å². The van der Waals surface area contributed by atoms with Crippen LogP contribution in [0, 0.1) is 0 Å². The molecule has 2 rings (SSSR count). The number of nitrogens with one attached hydrogen (secondary N) is 2. The van der Waals surface area contributed by atoms with Gasteiger partial charge in [-0.15, -0.1) is 0 Å². The van der Waals surface area contributed by atoms with Crippen LogP contribution in [0.5, 0.6) is 0 Å². The van der Waals surface area contributed by atoms with Crippen molar-refractivity contribution in [3.63, 3.8) is 0 Å². The van der Waals surface area contributed by atoms with Gasteiger partial charge in [0.25, 0.3) is 5.91 Å². The molecule has 1 aliphatic rings. The topological polar surface area (TPSA) is 70.7 Å². The van der Waals surface area contributed by atoms with Crippen LogP contribution >= 0.6 is 0 Å². The van der Waals surface area contributed by atoms with Crippen molar-refractivity contribution in [1.29, 1.82) is 0 Å². The third-order valence-corrected chi connectivity index (χ3v) is 3.95. The third kappa shape index (κ3) is 5.32. The smallest absolute Gasteiger partial charge is 0.254 e. The largest absolute Gasteiger partial charge is 0.372 e. The number of hydrogen-bond donors (Lipinski definition) is 2. The second kappa shape index (κ2) is 8.80. The van der Waals surface area contributed by atoms with E-state index >= 15 is 0 Å². The van der Waals surface area contributed by atoms with Crippen molar-refractivity contribution >= 4 is 17.5 Å². The highest BCUT2D eigenvalue weighted by atomic mass is 16.5. The van der Waals surface area contributed by atoms with Gasteiger partial charge in [0, 0.05) is 30.8 Å². The Morgan fingerprint density at radius 2 is 1.79 bits per heavy atom. The van der Waals surface area contributed by atoms with E-state index in [4.69, 9.17) is 4.74 Å². The molecular weight excluding hydrogens is 306 g/mol. The van der Waals surface area contributed by atoms with Crippen molar-refractivity contribution in [3.8, 4) is 0 Å². The van der Waals surface area contributed by atoms with Gasteiger partial charge in [0.05, 0.1) is 12.2 Å². The summed E-state index contributed by atoms with van der Waals surface area (Å²) in [4.78, 5) is 26.2. The Balaban J connectivity index is 1.91.